The average Bonchev–Trinajstić information content (AvgIpc) is 2.75. The van der Waals surface area contributed by atoms with Crippen LogP contribution in [-0.2, 0) is 4.79 Å². The molecule has 0 aliphatic heterocycles. The van der Waals surface area contributed by atoms with E-state index in [1.807, 2.05) is 19.1 Å². The van der Waals surface area contributed by atoms with E-state index in [-0.39, 0.29) is 70.1 Å². The second-order valence-corrected chi connectivity index (χ2v) is 4.90. The van der Waals surface area contributed by atoms with Gasteiger partial charge in [0.15, 0.2) is 0 Å². The predicted octanol–water partition coefficient (Wildman–Crippen LogP) is 1.38. The van der Waals surface area contributed by atoms with Crippen LogP contribution in [0, 0.1) is 6.92 Å². The van der Waals surface area contributed by atoms with Gasteiger partial charge in [-0.15, -0.1) is 0 Å². The molecular weight excluding hydrogens is 320 g/mol. The van der Waals surface area contributed by atoms with Gasteiger partial charge in [-0.1, -0.05) is 61.0 Å². The zero-order chi connectivity index (χ0) is 13.4. The normalized spacial score (nSPS) is 15.0. The van der Waals surface area contributed by atoms with E-state index >= 15 is 0 Å². The molecule has 0 saturated carbocycles. The standard InChI is InChI=1S/C17H17NO.Rb/c1-3-15(19)18-17-14-9-5-4-8-12(14)13-10-6-7-11(2)16(13)17;/h4-10,17H,3H2,1-2H3,(H,18,19);/q;+1/p-1. The van der Waals surface area contributed by atoms with Crippen LogP contribution in [0.15, 0.2) is 42.5 Å². The zero-order valence-electron chi connectivity index (χ0n) is 12.2. The van der Waals surface area contributed by atoms with Crippen LogP contribution in [0.1, 0.15) is 36.1 Å². The third-order valence-electron chi connectivity index (χ3n) is 3.72. The number of carbonyl (C=O) groups is 1. The summed E-state index contributed by atoms with van der Waals surface area (Å²) in [6.07, 6.45) is 0.458. The third kappa shape index (κ3) is 2.71. The second-order valence-electron chi connectivity index (χ2n) is 4.90. The van der Waals surface area contributed by atoms with Gasteiger partial charge >= 0.3 is 58.2 Å². The Balaban J connectivity index is 0.00000147. The van der Waals surface area contributed by atoms with Gasteiger partial charge in [0.1, 0.15) is 0 Å². The summed E-state index contributed by atoms with van der Waals surface area (Å²) in [5.41, 5.74) is 5.96. The molecule has 2 aromatic carbocycles. The summed E-state index contributed by atoms with van der Waals surface area (Å²) in [7, 11) is 0. The van der Waals surface area contributed by atoms with Gasteiger partial charge in [0.2, 0.25) is 0 Å². The van der Waals surface area contributed by atoms with Crippen molar-refractivity contribution in [2.45, 2.75) is 26.3 Å². The van der Waals surface area contributed by atoms with E-state index in [4.69, 9.17) is 0 Å². The summed E-state index contributed by atoms with van der Waals surface area (Å²) < 4.78 is 0. The Kier molecular flexibility index (Phi) is 5.35. The molecule has 1 atom stereocenters. The molecule has 0 spiro atoms. The minimum atomic E-state index is -0.125. The topological polar surface area (TPSA) is 31.2 Å². The van der Waals surface area contributed by atoms with Gasteiger partial charge in [0.25, 0.3) is 0 Å². The van der Waals surface area contributed by atoms with E-state index in [1.165, 1.54) is 22.3 Å². The Morgan fingerprint density at radius 2 is 1.80 bits per heavy atom. The monoisotopic (exact) mass is 335 g/mol. The molecule has 0 fully saturated rings. The van der Waals surface area contributed by atoms with E-state index in [2.05, 4.69) is 42.6 Å². The molecular formula is C17H16NORb. The molecule has 20 heavy (non-hydrogen) atoms. The summed E-state index contributed by atoms with van der Waals surface area (Å²) in [5.74, 6) is -0.0316. The molecule has 1 aliphatic rings. The fourth-order valence-corrected chi connectivity index (χ4v) is 2.78. The molecule has 1 amide bonds. The SMILES string of the molecule is CCC(=O)[N-]C1c2ccccc2-c2cccc(C)c21.[Rb+]. The van der Waals surface area contributed by atoms with Crippen molar-refractivity contribution in [2.75, 3.05) is 0 Å². The van der Waals surface area contributed by atoms with Crippen molar-refractivity contribution >= 4 is 5.91 Å². The second kappa shape index (κ2) is 6.65. The molecule has 3 rings (SSSR count). The summed E-state index contributed by atoms with van der Waals surface area (Å²) in [5, 5.41) is 4.40. The van der Waals surface area contributed by atoms with Gasteiger partial charge in [-0.25, -0.2) is 0 Å². The Hall–Kier alpha value is -0.285. The van der Waals surface area contributed by atoms with E-state index in [9.17, 15) is 4.79 Å². The average molecular weight is 336 g/mol. The fourth-order valence-electron chi connectivity index (χ4n) is 2.78. The molecule has 0 saturated heterocycles. The van der Waals surface area contributed by atoms with Gasteiger partial charge in [-0.3, -0.25) is 0 Å². The fraction of sp³-hybridized carbons (Fsp3) is 0.235. The number of benzene rings is 2. The zero-order valence-corrected chi connectivity index (χ0v) is 17.1. The molecule has 0 aromatic heterocycles. The third-order valence-corrected chi connectivity index (χ3v) is 3.72. The molecule has 3 heteroatoms. The van der Waals surface area contributed by atoms with Crippen molar-refractivity contribution in [3.63, 3.8) is 0 Å². The largest absolute Gasteiger partial charge is 1.00 e. The van der Waals surface area contributed by atoms with Crippen LogP contribution in [0.25, 0.3) is 16.4 Å². The van der Waals surface area contributed by atoms with Crippen LogP contribution in [0.4, 0.5) is 0 Å². The van der Waals surface area contributed by atoms with Crippen molar-refractivity contribution in [2.24, 2.45) is 0 Å². The number of fused-ring (bicyclic) bond motifs is 3. The first kappa shape index (κ1) is 16.1. The number of hydrogen-bond acceptors (Lipinski definition) is 1. The molecule has 0 N–H and O–H groups in total. The summed E-state index contributed by atoms with van der Waals surface area (Å²) in [6.45, 7) is 3.94. The molecule has 96 valence electrons. The molecule has 0 radical (unpaired) electrons. The Morgan fingerprint density at radius 3 is 2.55 bits per heavy atom. The van der Waals surface area contributed by atoms with E-state index in [1.54, 1.807) is 0 Å². The van der Waals surface area contributed by atoms with Gasteiger partial charge < -0.3 is 10.1 Å². The number of nitrogens with zero attached hydrogens (tertiary/aromatic N) is 1. The summed E-state index contributed by atoms with van der Waals surface area (Å²) in [4.78, 5) is 11.7. The van der Waals surface area contributed by atoms with E-state index < -0.39 is 0 Å². The number of carbonyl (C=O) groups excluding carboxylic acids is 1. The predicted molar refractivity (Wildman–Crippen MR) is 77.1 cm³/mol. The van der Waals surface area contributed by atoms with Crippen molar-refractivity contribution in [3.8, 4) is 11.1 Å². The number of aryl methyl sites for hydroxylation is 1. The van der Waals surface area contributed by atoms with Gasteiger partial charge in [-0.05, 0) is 35.6 Å². The van der Waals surface area contributed by atoms with Crippen molar-refractivity contribution in [1.82, 2.24) is 0 Å². The first-order valence-electron chi connectivity index (χ1n) is 6.65. The Labute approximate surface area is 168 Å². The maximum atomic E-state index is 11.7. The number of rotatable bonds is 2. The number of hydrogen-bond donors (Lipinski definition) is 0. The molecule has 2 aromatic rings. The van der Waals surface area contributed by atoms with Crippen LogP contribution >= 0.6 is 0 Å². The summed E-state index contributed by atoms with van der Waals surface area (Å²) >= 11 is 0. The maximum absolute atomic E-state index is 11.7. The van der Waals surface area contributed by atoms with Crippen molar-refractivity contribution in [1.29, 1.82) is 0 Å². The van der Waals surface area contributed by atoms with Gasteiger partial charge in [-0.2, -0.15) is 0 Å². The first-order chi connectivity index (χ1) is 9.22. The molecule has 0 heterocycles. The van der Waals surface area contributed by atoms with E-state index in [0.29, 0.717) is 6.42 Å². The first-order valence-corrected chi connectivity index (χ1v) is 6.65. The van der Waals surface area contributed by atoms with Crippen LogP contribution in [0.3, 0.4) is 0 Å². The summed E-state index contributed by atoms with van der Waals surface area (Å²) in [6, 6.07) is 14.4. The minimum Gasteiger partial charge on any atom is -0.643 e. The van der Waals surface area contributed by atoms with Gasteiger partial charge in [0, 0.05) is 0 Å². The maximum Gasteiger partial charge on any atom is 1.00 e. The van der Waals surface area contributed by atoms with Crippen LogP contribution < -0.4 is 58.2 Å². The smallest absolute Gasteiger partial charge is 0.643 e. The minimum absolute atomic E-state index is 0. The van der Waals surface area contributed by atoms with Crippen LogP contribution in [0.2, 0.25) is 0 Å². The van der Waals surface area contributed by atoms with Crippen LogP contribution in [0.5, 0.6) is 0 Å². The quantitative estimate of drug-likeness (QED) is 0.816. The van der Waals surface area contributed by atoms with Crippen molar-refractivity contribution < 1.29 is 63.0 Å². The van der Waals surface area contributed by atoms with Crippen LogP contribution in [-0.4, -0.2) is 5.91 Å². The Morgan fingerprint density at radius 1 is 1.10 bits per heavy atom. The molecule has 1 aliphatic carbocycles. The van der Waals surface area contributed by atoms with Gasteiger partial charge in [0.05, 0.1) is 5.91 Å². The van der Waals surface area contributed by atoms with Crippen molar-refractivity contribution in [3.05, 3.63) is 64.5 Å². The van der Waals surface area contributed by atoms with E-state index in [0.717, 1.165) is 5.56 Å². The number of amides is 1. The Bertz CT molecular complexity index is 651. The molecule has 0 bridgehead atoms. The molecule has 2 nitrogen and oxygen atoms in total. The molecule has 1 unspecified atom stereocenters.